The van der Waals surface area contributed by atoms with Gasteiger partial charge in [-0.05, 0) is 30.3 Å². The quantitative estimate of drug-likeness (QED) is 0.472. The maximum absolute atomic E-state index is 12.8. The summed E-state index contributed by atoms with van der Waals surface area (Å²) in [6.07, 6.45) is -1.49. The van der Waals surface area contributed by atoms with Crippen LogP contribution in [0.25, 0.3) is 22.6 Å². The third kappa shape index (κ3) is 4.41. The number of hydrogen-bond acceptors (Lipinski definition) is 7. The van der Waals surface area contributed by atoms with E-state index in [1.165, 1.54) is 16.8 Å². The van der Waals surface area contributed by atoms with Crippen molar-refractivity contribution in [3.63, 3.8) is 0 Å². The van der Waals surface area contributed by atoms with Gasteiger partial charge in [-0.2, -0.15) is 0 Å². The molecule has 0 aliphatic carbocycles. The molecule has 4 rings (SSSR count). The van der Waals surface area contributed by atoms with Crippen molar-refractivity contribution in [1.29, 1.82) is 0 Å². The van der Waals surface area contributed by atoms with Gasteiger partial charge in [-0.15, -0.1) is 15.3 Å². The van der Waals surface area contributed by atoms with Crippen molar-refractivity contribution in [2.45, 2.75) is 13.0 Å². The number of aryl methyl sites for hydroxylation is 1. The van der Waals surface area contributed by atoms with Crippen molar-refractivity contribution < 1.29 is 18.3 Å². The number of halogens is 2. The first kappa shape index (κ1) is 21.0. The van der Waals surface area contributed by atoms with Crippen molar-refractivity contribution in [2.75, 3.05) is 0 Å². The average molecular weight is 437 g/mol. The fraction of sp³-hybridized carbons (Fsp3) is 0.143. The average Bonchev–Trinajstić information content (AvgIpc) is 3.18. The number of carbonyl (C=O) groups is 1. The lowest BCUT2D eigenvalue weighted by atomic mass is 10.1. The Labute approximate surface area is 180 Å². The molecule has 0 bridgehead atoms. The molecule has 0 saturated heterocycles. The minimum Gasteiger partial charge on any atom is -0.470 e. The Morgan fingerprint density at radius 3 is 2.56 bits per heavy atom. The summed E-state index contributed by atoms with van der Waals surface area (Å²) in [4.78, 5) is 15.4. The SMILES string of the molecule is Cn1nnc(-c2ccc(C(F)F)cn2)c1COc1ccc(-c2cccc(C(N)=O)c2)nn1. The van der Waals surface area contributed by atoms with Crippen molar-refractivity contribution in [3.8, 4) is 28.5 Å². The Kier molecular flexibility index (Phi) is 5.79. The van der Waals surface area contributed by atoms with Crippen LogP contribution in [0.2, 0.25) is 0 Å². The van der Waals surface area contributed by atoms with Crippen LogP contribution < -0.4 is 10.5 Å². The van der Waals surface area contributed by atoms with Gasteiger partial charge in [0.1, 0.15) is 18.0 Å². The molecule has 0 saturated carbocycles. The molecule has 162 valence electrons. The molecular formula is C21H17F2N7O2. The summed E-state index contributed by atoms with van der Waals surface area (Å²) in [5.41, 5.74) is 8.15. The van der Waals surface area contributed by atoms with E-state index in [4.69, 9.17) is 10.5 Å². The third-order valence-electron chi connectivity index (χ3n) is 4.66. The number of alkyl halides is 2. The van der Waals surface area contributed by atoms with Crippen LogP contribution in [-0.2, 0) is 13.7 Å². The van der Waals surface area contributed by atoms with E-state index < -0.39 is 12.3 Å². The topological polar surface area (TPSA) is 122 Å². The Hall–Kier alpha value is -4.28. The molecular weight excluding hydrogens is 420 g/mol. The highest BCUT2D eigenvalue weighted by atomic mass is 19.3. The second-order valence-corrected chi connectivity index (χ2v) is 6.78. The highest BCUT2D eigenvalue weighted by Crippen LogP contribution is 2.24. The molecule has 0 radical (unpaired) electrons. The lowest BCUT2D eigenvalue weighted by molar-refractivity contribution is 0.1000. The predicted molar refractivity (Wildman–Crippen MR) is 110 cm³/mol. The predicted octanol–water partition coefficient (Wildman–Crippen LogP) is 2.95. The maximum Gasteiger partial charge on any atom is 0.265 e. The first-order chi connectivity index (χ1) is 15.4. The number of primary amides is 1. The molecule has 0 fully saturated rings. The molecule has 0 unspecified atom stereocenters. The zero-order valence-electron chi connectivity index (χ0n) is 16.8. The van der Waals surface area contributed by atoms with E-state index >= 15 is 0 Å². The van der Waals surface area contributed by atoms with E-state index in [9.17, 15) is 13.6 Å². The van der Waals surface area contributed by atoms with E-state index in [0.29, 0.717) is 33.9 Å². The van der Waals surface area contributed by atoms with E-state index in [2.05, 4.69) is 25.5 Å². The molecule has 0 atom stereocenters. The zero-order valence-corrected chi connectivity index (χ0v) is 16.8. The fourth-order valence-electron chi connectivity index (χ4n) is 2.94. The van der Waals surface area contributed by atoms with Crippen LogP contribution in [-0.4, -0.2) is 36.1 Å². The highest BCUT2D eigenvalue weighted by Gasteiger charge is 2.16. The van der Waals surface area contributed by atoms with E-state index in [-0.39, 0.29) is 18.1 Å². The summed E-state index contributed by atoms with van der Waals surface area (Å²) in [7, 11) is 1.68. The van der Waals surface area contributed by atoms with E-state index in [0.717, 1.165) is 6.20 Å². The van der Waals surface area contributed by atoms with Crippen LogP contribution >= 0.6 is 0 Å². The number of pyridine rings is 1. The summed E-state index contributed by atoms with van der Waals surface area (Å²) >= 11 is 0. The van der Waals surface area contributed by atoms with Crippen LogP contribution in [0.4, 0.5) is 8.78 Å². The molecule has 9 nitrogen and oxygen atoms in total. The Morgan fingerprint density at radius 1 is 1.09 bits per heavy atom. The smallest absolute Gasteiger partial charge is 0.265 e. The lowest BCUT2D eigenvalue weighted by Crippen LogP contribution is -2.10. The Morgan fingerprint density at radius 2 is 1.91 bits per heavy atom. The van der Waals surface area contributed by atoms with Gasteiger partial charge in [0.05, 0.1) is 11.4 Å². The van der Waals surface area contributed by atoms with Gasteiger partial charge in [0.15, 0.2) is 0 Å². The van der Waals surface area contributed by atoms with Crippen LogP contribution in [0, 0.1) is 0 Å². The number of aromatic nitrogens is 6. The molecule has 1 amide bonds. The maximum atomic E-state index is 12.8. The monoisotopic (exact) mass is 437 g/mol. The molecule has 3 aromatic heterocycles. The normalized spacial score (nSPS) is 11.0. The van der Waals surface area contributed by atoms with E-state index in [1.807, 2.05) is 0 Å². The zero-order chi connectivity index (χ0) is 22.7. The van der Waals surface area contributed by atoms with Gasteiger partial charge < -0.3 is 10.5 Å². The number of rotatable bonds is 7. The summed E-state index contributed by atoms with van der Waals surface area (Å²) in [6.45, 7) is 0.0578. The summed E-state index contributed by atoms with van der Waals surface area (Å²) in [6, 6.07) is 12.8. The summed E-state index contributed by atoms with van der Waals surface area (Å²) < 4.78 is 32.7. The Balaban J connectivity index is 1.49. The van der Waals surface area contributed by atoms with Crippen molar-refractivity contribution in [1.82, 2.24) is 30.2 Å². The number of nitrogens with zero attached hydrogens (tertiary/aromatic N) is 6. The van der Waals surface area contributed by atoms with Crippen molar-refractivity contribution in [3.05, 3.63) is 71.5 Å². The molecule has 2 N–H and O–H groups in total. The second kappa shape index (κ2) is 8.84. The summed E-state index contributed by atoms with van der Waals surface area (Å²) in [5.74, 6) is -0.272. The van der Waals surface area contributed by atoms with Crippen molar-refractivity contribution in [2.24, 2.45) is 12.8 Å². The number of hydrogen-bond donors (Lipinski definition) is 1. The number of ether oxygens (including phenoxy) is 1. The molecule has 0 aliphatic rings. The molecule has 3 heterocycles. The number of carbonyl (C=O) groups excluding carboxylic acids is 1. The minimum atomic E-state index is -2.60. The molecule has 0 aliphatic heterocycles. The number of nitrogens with two attached hydrogens (primary N) is 1. The number of amides is 1. The molecule has 32 heavy (non-hydrogen) atoms. The van der Waals surface area contributed by atoms with Crippen LogP contribution in [0.5, 0.6) is 5.88 Å². The lowest BCUT2D eigenvalue weighted by Gasteiger charge is -2.08. The van der Waals surface area contributed by atoms with Gasteiger partial charge in [0.2, 0.25) is 11.8 Å². The van der Waals surface area contributed by atoms with Crippen LogP contribution in [0.15, 0.2) is 54.7 Å². The van der Waals surface area contributed by atoms with Crippen LogP contribution in [0.1, 0.15) is 28.0 Å². The third-order valence-corrected chi connectivity index (χ3v) is 4.66. The Bertz CT molecular complexity index is 1240. The standard InChI is InChI=1S/C21H17F2N7O2/c1-30-17(19(28-29-30)16-6-5-14(10-25-16)20(22)23)11-32-18-8-7-15(26-27-18)12-3-2-4-13(9-12)21(24)31/h2-10,20H,11H2,1H3,(H2,24,31). The van der Waals surface area contributed by atoms with Crippen LogP contribution in [0.3, 0.4) is 0 Å². The first-order valence-electron chi connectivity index (χ1n) is 9.42. The van der Waals surface area contributed by atoms with Gasteiger partial charge in [-0.1, -0.05) is 17.3 Å². The molecule has 0 spiro atoms. The number of benzene rings is 1. The van der Waals surface area contributed by atoms with Crippen molar-refractivity contribution >= 4 is 5.91 Å². The second-order valence-electron chi connectivity index (χ2n) is 6.78. The van der Waals surface area contributed by atoms with Gasteiger partial charge in [-0.25, -0.2) is 13.5 Å². The minimum absolute atomic E-state index is 0.0578. The largest absolute Gasteiger partial charge is 0.470 e. The van der Waals surface area contributed by atoms with Gasteiger partial charge in [0.25, 0.3) is 6.43 Å². The van der Waals surface area contributed by atoms with E-state index in [1.54, 1.807) is 43.4 Å². The highest BCUT2D eigenvalue weighted by molar-refractivity contribution is 5.93. The fourth-order valence-corrected chi connectivity index (χ4v) is 2.94. The van der Waals surface area contributed by atoms with Gasteiger partial charge in [0, 0.05) is 36.0 Å². The summed E-state index contributed by atoms with van der Waals surface area (Å²) in [5, 5.41) is 16.2. The van der Waals surface area contributed by atoms with Gasteiger partial charge in [-0.3, -0.25) is 9.78 Å². The molecule has 11 heteroatoms. The molecule has 4 aromatic rings. The first-order valence-corrected chi connectivity index (χ1v) is 9.42. The molecule has 1 aromatic carbocycles. The van der Waals surface area contributed by atoms with Gasteiger partial charge >= 0.3 is 0 Å².